The van der Waals surface area contributed by atoms with Gasteiger partial charge in [-0.15, -0.1) is 0 Å². The Bertz CT molecular complexity index is 2820. The van der Waals surface area contributed by atoms with Gasteiger partial charge in [-0.1, -0.05) is 67.6 Å². The zero-order chi connectivity index (χ0) is 85.3. The Morgan fingerprint density at radius 1 is 0.279 bits per heavy atom. The van der Waals surface area contributed by atoms with Crippen LogP contribution in [0.2, 0.25) is 162 Å². The third kappa shape index (κ3) is 33.7. The topological polar surface area (TPSA) is 377 Å². The van der Waals surface area contributed by atoms with E-state index in [1.165, 1.54) is 0 Å². The second-order valence-electron chi connectivity index (χ2n) is 38.0. The molecule has 0 radical (unpaired) electrons. The molecule has 0 bridgehead atoms. The molecule has 5 atom stereocenters. The lowest BCUT2D eigenvalue weighted by molar-refractivity contribution is -0.115. The summed E-state index contributed by atoms with van der Waals surface area (Å²) in [6.07, 6.45) is 1.24. The van der Waals surface area contributed by atoms with E-state index in [1.807, 2.05) is 170 Å². The molecule has 104 heavy (non-hydrogen) atoms. The van der Waals surface area contributed by atoms with Gasteiger partial charge in [0.25, 0.3) is 0 Å². The minimum Gasteiger partial charge on any atom is -0.432 e. The first kappa shape index (κ1) is 110. The summed E-state index contributed by atoms with van der Waals surface area (Å²) in [5, 5.41) is 26.0. The van der Waals surface area contributed by atoms with Crippen molar-refractivity contribution in [2.24, 2.45) is 0 Å². The van der Waals surface area contributed by atoms with E-state index in [0.717, 1.165) is 5.56 Å². The molecule has 0 saturated carbocycles. The van der Waals surface area contributed by atoms with Crippen molar-refractivity contribution in [1.82, 2.24) is 0 Å². The number of hydrogen-bond acceptors (Lipinski definition) is 23. The van der Waals surface area contributed by atoms with Crippen molar-refractivity contribution < 1.29 is 109 Å². The lowest BCUT2D eigenvalue weighted by Gasteiger charge is -2.52. The Kier molecular flexibility index (Phi) is 39.5. The fourth-order valence-corrected chi connectivity index (χ4v) is 34.8. The molecule has 620 valence electrons. The maximum atomic E-state index is 11.3. The highest BCUT2D eigenvalue weighted by atomic mass is 28.4. The molecule has 0 aromatic heterocycles. The van der Waals surface area contributed by atoms with Crippen molar-refractivity contribution in [2.45, 2.75) is 352 Å². The molecular formula is C69H158O23Si12. The fourth-order valence-electron chi connectivity index (χ4n) is 13.0. The Balaban J connectivity index is -0.000000582. The zero-order valence-electron chi connectivity index (χ0n) is 73.2. The van der Waals surface area contributed by atoms with E-state index in [-0.39, 0.29) is 0 Å². The fraction of sp³-hybridized carbons (Fsp3) is 0.826. The van der Waals surface area contributed by atoms with Crippen LogP contribution in [-0.2, 0) is 46.5 Å². The van der Waals surface area contributed by atoms with Crippen molar-refractivity contribution in [2.75, 3.05) is 14.2 Å². The van der Waals surface area contributed by atoms with E-state index < -0.39 is 166 Å². The van der Waals surface area contributed by atoms with Gasteiger partial charge in [0.2, 0.25) is 41.6 Å². The molecule has 0 spiro atoms. The van der Waals surface area contributed by atoms with Crippen molar-refractivity contribution >= 4 is 101 Å². The summed E-state index contributed by atoms with van der Waals surface area (Å²) in [6, 6.07) is 18.7. The van der Waals surface area contributed by atoms with Crippen LogP contribution in [0.5, 0.6) is 0 Å². The lowest BCUT2D eigenvalue weighted by Crippen LogP contribution is -2.68. The van der Waals surface area contributed by atoms with Crippen molar-refractivity contribution in [3.8, 4) is 0 Å². The van der Waals surface area contributed by atoms with Crippen LogP contribution in [0, 0.1) is 0 Å². The first-order valence-electron chi connectivity index (χ1n) is 35.8. The Morgan fingerprint density at radius 3 is 0.798 bits per heavy atom. The van der Waals surface area contributed by atoms with Gasteiger partial charge in [0.1, 0.15) is 20.9 Å². The molecule has 5 unspecified atom stereocenters. The van der Waals surface area contributed by atoms with Crippen LogP contribution in [0.25, 0.3) is 0 Å². The molecule has 0 aliphatic carbocycles. The van der Waals surface area contributed by atoms with Gasteiger partial charge in [-0.2, -0.15) is 0 Å². The molecule has 2 aromatic carbocycles. The van der Waals surface area contributed by atoms with E-state index in [2.05, 4.69) is 0 Å². The first-order valence-corrected chi connectivity index (χ1v) is 70.6. The molecular weight excluding hydrogens is 1530 g/mol. The number of benzene rings is 2. The first-order chi connectivity index (χ1) is 44.5. The van der Waals surface area contributed by atoms with Gasteiger partial charge in [-0.25, -0.2) is 0 Å². The molecule has 23 nitrogen and oxygen atoms in total. The van der Waals surface area contributed by atoms with E-state index in [9.17, 15) is 72.9 Å². The molecule has 2 aromatic rings. The number of hydrogen-bond donors (Lipinski definition) is 15. The minimum absolute atomic E-state index is 0.465. The number of ether oxygens (including phenoxy) is 2. The summed E-state index contributed by atoms with van der Waals surface area (Å²) < 4.78 is 46.0. The summed E-state index contributed by atoms with van der Waals surface area (Å²) in [7, 11) is -29.3. The van der Waals surface area contributed by atoms with Crippen LogP contribution in [0.15, 0.2) is 60.7 Å². The van der Waals surface area contributed by atoms with Crippen molar-refractivity contribution in [3.05, 3.63) is 71.8 Å². The van der Waals surface area contributed by atoms with Gasteiger partial charge in [0, 0.05) is 19.3 Å². The molecule has 2 rings (SSSR count). The van der Waals surface area contributed by atoms with E-state index in [4.69, 9.17) is 36.0 Å². The summed E-state index contributed by atoms with van der Waals surface area (Å²) >= 11 is 0. The lowest BCUT2D eigenvalue weighted by atomic mass is 9.84. The van der Waals surface area contributed by atoms with Crippen LogP contribution in [0.1, 0.15) is 142 Å². The highest BCUT2D eigenvalue weighted by molar-refractivity contribution is 6.76. The Hall–Kier alpha value is 0.123. The zero-order valence-corrected chi connectivity index (χ0v) is 85.2. The number of aliphatic hydroxyl groups is 3. The second kappa shape index (κ2) is 37.2. The molecule has 0 fully saturated rings. The highest BCUT2D eigenvalue weighted by Gasteiger charge is 2.63. The van der Waals surface area contributed by atoms with Gasteiger partial charge >= 0.3 is 51.4 Å². The van der Waals surface area contributed by atoms with Crippen LogP contribution in [-0.4, -0.2) is 238 Å². The van der Waals surface area contributed by atoms with Crippen LogP contribution in [0.3, 0.4) is 0 Å². The van der Waals surface area contributed by atoms with E-state index in [1.54, 1.807) is 180 Å². The molecule has 0 aliphatic heterocycles. The third-order valence-corrected chi connectivity index (χ3v) is 44.1. The standard InChI is InChI=1S/C15H28O4Si2.C14H26O4Si2.C14H34O4Si2.C10H26O4Si2.C9H24O4Si2.C7H20O3Si2/c1-14(2,19-21(6,7)17)15(18-3,20(4,5)16)13-11-9-8-10-12-13;1-13(2,18-20(5,6)17)14(15,19(3,4)16)12-10-8-7-9-11-12;1-12(2,15)10-11-14(5,19(6,7)16)13(3,4)18-20(8,9)17;1-9(2,14-16(7,8)12)10(3,13-4)15(5,6)11;1-8(2,13-15(6,7)12)9(3,10)14(4,5)11;1-7(2,11(3,4)8)10-12(5,6)9/h8-12,16-17H,1-7H3;7-11,15-17H,1-6H3;15-17H,10-11H2,1-9H3;11-12H,1-8H3;10-12H,1-7H3;8-9H,1-6H3. The third-order valence-electron chi connectivity index (χ3n) is 19.7. The van der Waals surface area contributed by atoms with Gasteiger partial charge in [-0.3, -0.25) is 0 Å². The summed E-state index contributed by atoms with van der Waals surface area (Å²) in [5.41, 5.74) is -3.58. The Labute approximate surface area is 644 Å². The number of methoxy groups -OCH3 is 2. The average Bonchev–Trinajstić information content (AvgIpc) is 0.742. The Morgan fingerprint density at radius 2 is 0.567 bits per heavy atom. The van der Waals surface area contributed by atoms with Crippen molar-refractivity contribution in [1.29, 1.82) is 0 Å². The SMILES string of the molecule is CC(C)(O)CCC(C)(C(C)(C)O[Si](C)(C)O)[Si](C)(C)O.CC(C)(O[Si](C)(C)O)C(C)(O)[Si](C)(C)O.CC(C)(O[Si](C)(C)O)C(O)(c1ccccc1)[Si](C)(C)O.CC(C)(O[Si](C)(C)O)[Si](C)(C)O.COC(C)(C(C)(C)O[Si](C)(C)O)[Si](C)(C)O.COC(c1ccccc1)(C(C)(C)O[Si](C)(C)O)[Si](C)(C)O. The summed E-state index contributed by atoms with van der Waals surface area (Å²) in [4.78, 5) is 122. The molecule has 35 heteroatoms. The molecule has 0 amide bonds. The molecule has 0 aliphatic rings. The minimum atomic E-state index is -3.05. The van der Waals surface area contributed by atoms with Gasteiger partial charge in [0.05, 0.1) is 38.8 Å². The second-order valence-corrected chi connectivity index (χ2v) is 80.9. The van der Waals surface area contributed by atoms with Crippen LogP contribution >= 0.6 is 0 Å². The average molecular weight is 1690 g/mol. The predicted octanol–water partition coefficient (Wildman–Crippen LogP) is 11.6. The van der Waals surface area contributed by atoms with E-state index in [0.29, 0.717) is 18.4 Å². The van der Waals surface area contributed by atoms with Crippen molar-refractivity contribution in [3.63, 3.8) is 0 Å². The highest BCUT2D eigenvalue weighted by Crippen LogP contribution is 2.54. The summed E-state index contributed by atoms with van der Waals surface area (Å²) in [5.74, 6) is 0. The largest absolute Gasteiger partial charge is 0.432 e. The van der Waals surface area contributed by atoms with E-state index >= 15 is 0 Å². The quantitative estimate of drug-likeness (QED) is 0.0323. The smallest absolute Gasteiger partial charge is 0.329 e. The predicted molar refractivity (Wildman–Crippen MR) is 453 cm³/mol. The maximum Gasteiger partial charge on any atom is 0.329 e. The molecule has 0 saturated heterocycles. The summed E-state index contributed by atoms with van der Waals surface area (Å²) in [6.45, 7) is 72.5. The molecule has 0 heterocycles. The molecule has 15 N–H and O–H groups in total. The maximum absolute atomic E-state index is 11.3. The van der Waals surface area contributed by atoms with Crippen LogP contribution in [0.4, 0.5) is 0 Å². The monoisotopic (exact) mass is 1690 g/mol. The van der Waals surface area contributed by atoms with Gasteiger partial charge in [-0.05, 0) is 292 Å². The van der Waals surface area contributed by atoms with Gasteiger partial charge < -0.3 is 109 Å². The van der Waals surface area contributed by atoms with Gasteiger partial charge in [0.15, 0.2) is 8.32 Å². The van der Waals surface area contributed by atoms with Crippen LogP contribution < -0.4 is 0 Å². The number of rotatable bonds is 30. The normalized spacial score (nSPS) is 17.3.